The van der Waals surface area contributed by atoms with Crippen LogP contribution < -0.4 is 14.9 Å². The van der Waals surface area contributed by atoms with E-state index in [2.05, 4.69) is 0 Å². The highest BCUT2D eigenvalue weighted by atomic mass is 16.5. The van der Waals surface area contributed by atoms with Crippen LogP contribution in [0.25, 0.3) is 22.3 Å². The van der Waals surface area contributed by atoms with Gasteiger partial charge in [-0.2, -0.15) is 0 Å². The molecule has 0 amide bonds. The van der Waals surface area contributed by atoms with E-state index in [1.54, 1.807) is 24.3 Å². The van der Waals surface area contributed by atoms with E-state index in [4.69, 9.17) is 13.9 Å². The fourth-order valence-electron chi connectivity index (χ4n) is 4.26. The summed E-state index contributed by atoms with van der Waals surface area (Å²) in [5, 5.41) is 40.3. The van der Waals surface area contributed by atoms with Crippen molar-refractivity contribution in [3.8, 4) is 45.8 Å². The van der Waals surface area contributed by atoms with Crippen molar-refractivity contribution in [1.82, 2.24) is 0 Å². The van der Waals surface area contributed by atoms with Gasteiger partial charge in [0.15, 0.2) is 17.3 Å². The van der Waals surface area contributed by atoms with Crippen molar-refractivity contribution in [2.45, 2.75) is 12.3 Å². The van der Waals surface area contributed by atoms with Crippen LogP contribution in [0.4, 0.5) is 0 Å². The summed E-state index contributed by atoms with van der Waals surface area (Å²) in [6.07, 6.45) is -0.0901. The molecule has 4 N–H and O–H groups in total. The molecule has 3 aromatic carbocycles. The largest absolute Gasteiger partial charge is 0.507 e. The lowest BCUT2D eigenvalue weighted by molar-refractivity contribution is -0.135. The van der Waals surface area contributed by atoms with Gasteiger partial charge in [-0.1, -0.05) is 18.2 Å². The predicted molar refractivity (Wildman–Crippen MR) is 120 cm³/mol. The molecule has 2 heterocycles. The van der Waals surface area contributed by atoms with Gasteiger partial charge in [-0.05, 0) is 24.3 Å². The first-order valence-corrected chi connectivity index (χ1v) is 10.2. The molecule has 0 fully saturated rings. The van der Waals surface area contributed by atoms with E-state index >= 15 is 0 Å². The molecule has 9 heteroatoms. The van der Waals surface area contributed by atoms with E-state index in [1.807, 2.05) is 0 Å². The van der Waals surface area contributed by atoms with Crippen LogP contribution in [0.3, 0.4) is 0 Å². The molecule has 1 aliphatic heterocycles. The summed E-state index contributed by atoms with van der Waals surface area (Å²) >= 11 is 0. The summed E-state index contributed by atoms with van der Waals surface area (Å²) in [6.45, 7) is 0. The second-order valence-electron chi connectivity index (χ2n) is 7.80. The molecule has 0 saturated heterocycles. The number of ether oxygens (including phenoxy) is 2. The smallest absolute Gasteiger partial charge is 0.312 e. The highest BCUT2D eigenvalue weighted by molar-refractivity contribution is 5.94. The third-order valence-electron chi connectivity index (χ3n) is 5.82. The molecule has 1 aromatic heterocycles. The van der Waals surface area contributed by atoms with Crippen LogP contribution in [0.1, 0.15) is 23.5 Å². The van der Waals surface area contributed by atoms with E-state index in [0.29, 0.717) is 16.9 Å². The molecule has 5 rings (SSSR count). The summed E-state index contributed by atoms with van der Waals surface area (Å²) in [6, 6.07) is 11.8. The number of fused-ring (bicyclic) bond motifs is 3. The average Bonchev–Trinajstić information content (AvgIpc) is 2.82. The van der Waals surface area contributed by atoms with Crippen molar-refractivity contribution in [3.05, 3.63) is 69.9 Å². The maximum atomic E-state index is 13.1. The van der Waals surface area contributed by atoms with Crippen molar-refractivity contribution in [3.63, 3.8) is 0 Å². The number of methoxy groups -OCH3 is 1. The Kier molecular flexibility index (Phi) is 4.82. The Balaban J connectivity index is 1.87. The van der Waals surface area contributed by atoms with Gasteiger partial charge in [0.05, 0.1) is 13.5 Å². The first-order valence-electron chi connectivity index (χ1n) is 10.2. The van der Waals surface area contributed by atoms with Crippen molar-refractivity contribution < 1.29 is 39.1 Å². The van der Waals surface area contributed by atoms with E-state index in [9.17, 15) is 30.0 Å². The monoisotopic (exact) mass is 462 g/mol. The minimum atomic E-state index is -0.917. The van der Waals surface area contributed by atoms with Crippen LogP contribution in [0, 0.1) is 0 Å². The number of carbonyl (C=O) groups excluding carboxylic acids is 1. The lowest BCUT2D eigenvalue weighted by Gasteiger charge is -2.27. The van der Waals surface area contributed by atoms with Gasteiger partial charge in [0.25, 0.3) is 0 Å². The molecule has 34 heavy (non-hydrogen) atoms. The van der Waals surface area contributed by atoms with E-state index in [-0.39, 0.29) is 34.5 Å². The molecule has 0 bridgehead atoms. The number of benzene rings is 3. The highest BCUT2D eigenvalue weighted by Crippen LogP contribution is 2.48. The van der Waals surface area contributed by atoms with Crippen LogP contribution in [-0.2, 0) is 4.79 Å². The fraction of sp³-hybridized carbons (Fsp3) is 0.120. The van der Waals surface area contributed by atoms with Crippen molar-refractivity contribution >= 4 is 16.9 Å². The van der Waals surface area contributed by atoms with Gasteiger partial charge in [-0.15, -0.1) is 0 Å². The van der Waals surface area contributed by atoms with E-state index in [0.717, 1.165) is 12.1 Å². The number of esters is 1. The Bertz CT molecular complexity index is 1530. The number of para-hydroxylation sites is 1. The zero-order valence-corrected chi connectivity index (χ0v) is 17.7. The predicted octanol–water partition coefficient (Wildman–Crippen LogP) is 3.73. The van der Waals surface area contributed by atoms with Gasteiger partial charge in [0.2, 0.25) is 11.2 Å². The van der Waals surface area contributed by atoms with Gasteiger partial charge in [-0.3, -0.25) is 9.59 Å². The molecule has 0 spiro atoms. The van der Waals surface area contributed by atoms with Crippen LogP contribution in [0.5, 0.6) is 34.5 Å². The second-order valence-corrected chi connectivity index (χ2v) is 7.80. The Labute approximate surface area is 191 Å². The first-order chi connectivity index (χ1) is 16.3. The van der Waals surface area contributed by atoms with Crippen molar-refractivity contribution in [2.24, 2.45) is 0 Å². The Hall–Kier alpha value is -4.66. The third kappa shape index (κ3) is 3.17. The minimum absolute atomic E-state index is 0.00509. The van der Waals surface area contributed by atoms with Crippen molar-refractivity contribution in [1.29, 1.82) is 0 Å². The van der Waals surface area contributed by atoms with Crippen LogP contribution in [0.2, 0.25) is 0 Å². The zero-order chi connectivity index (χ0) is 24.1. The lowest BCUT2D eigenvalue weighted by atomic mass is 9.84. The highest BCUT2D eigenvalue weighted by Gasteiger charge is 2.35. The minimum Gasteiger partial charge on any atom is -0.507 e. The lowest BCUT2D eigenvalue weighted by Crippen LogP contribution is -2.22. The zero-order valence-electron chi connectivity index (χ0n) is 17.7. The molecule has 0 unspecified atom stereocenters. The number of aromatic hydroxyl groups is 4. The van der Waals surface area contributed by atoms with Gasteiger partial charge < -0.3 is 34.3 Å². The summed E-state index contributed by atoms with van der Waals surface area (Å²) < 4.78 is 16.8. The van der Waals surface area contributed by atoms with Crippen LogP contribution >= 0.6 is 0 Å². The molecule has 0 saturated carbocycles. The third-order valence-corrected chi connectivity index (χ3v) is 5.82. The Morgan fingerprint density at radius 3 is 2.44 bits per heavy atom. The van der Waals surface area contributed by atoms with Gasteiger partial charge in [0.1, 0.15) is 28.2 Å². The molecule has 172 valence electrons. The maximum absolute atomic E-state index is 13.1. The fourth-order valence-corrected chi connectivity index (χ4v) is 4.26. The second kappa shape index (κ2) is 7.73. The number of hydrogen-bond donors (Lipinski definition) is 4. The summed E-state index contributed by atoms with van der Waals surface area (Å²) in [7, 11) is 1.49. The maximum Gasteiger partial charge on any atom is 0.312 e. The molecule has 1 atom stereocenters. The number of hydrogen-bond acceptors (Lipinski definition) is 9. The summed E-state index contributed by atoms with van der Waals surface area (Å²) in [4.78, 5) is 25.5. The molecular weight excluding hydrogens is 444 g/mol. The topological polar surface area (TPSA) is 147 Å². The molecule has 4 aromatic rings. The van der Waals surface area contributed by atoms with Crippen LogP contribution in [-0.4, -0.2) is 33.5 Å². The molecule has 0 aliphatic carbocycles. The summed E-state index contributed by atoms with van der Waals surface area (Å²) in [5.41, 5.74) is 0.0433. The van der Waals surface area contributed by atoms with Crippen LogP contribution in [0.15, 0.2) is 57.7 Å². The molecular formula is C25H18O9. The van der Waals surface area contributed by atoms with Gasteiger partial charge >= 0.3 is 5.97 Å². The van der Waals surface area contributed by atoms with E-state index < -0.39 is 40.3 Å². The average molecular weight is 462 g/mol. The van der Waals surface area contributed by atoms with E-state index in [1.165, 1.54) is 19.2 Å². The molecule has 0 radical (unpaired) electrons. The number of phenols is 3. The van der Waals surface area contributed by atoms with Gasteiger partial charge in [-0.25, -0.2) is 0 Å². The normalized spacial score (nSPS) is 15.1. The first kappa shape index (κ1) is 21.2. The summed E-state index contributed by atoms with van der Waals surface area (Å²) in [5.74, 6) is -3.21. The number of carbonyl (C=O) groups is 1. The SMILES string of the molecule is COc1ccccc1[C@H]1CC(=O)Oc2cc(O)c3c(=O)c(O)c(-c4ccc(O)c(O)c4)oc3c21. The standard InChI is InChI=1S/C25H18O9/c1-32-17-5-3-2-4-12(17)13-9-19(29)33-18-10-16(28)21-22(30)23(31)24(34-25(21)20(13)18)11-6-7-14(26)15(27)8-11/h2-8,10,13,26-28,31H,9H2,1H3/t13-/m1/s1. The Morgan fingerprint density at radius 2 is 1.71 bits per heavy atom. The van der Waals surface area contributed by atoms with Gasteiger partial charge in [0, 0.05) is 28.7 Å². The Morgan fingerprint density at radius 1 is 0.941 bits per heavy atom. The molecule has 9 nitrogen and oxygen atoms in total. The quantitative estimate of drug-likeness (QED) is 0.203. The number of phenolic OH excluding ortho intramolecular Hbond substituents is 3. The number of rotatable bonds is 3. The van der Waals surface area contributed by atoms with Crippen molar-refractivity contribution in [2.75, 3.05) is 7.11 Å². The molecule has 1 aliphatic rings.